The Morgan fingerprint density at radius 2 is 2.29 bits per heavy atom. The van der Waals surface area contributed by atoms with E-state index in [0.717, 1.165) is 5.56 Å². The standard InChI is InChI=1S/C12H9ClN4O4/c13-9-2-1-8(5-14-9)7-20-11-6-15-12-16(11)4-3-10(21-12)17(18)19/h1-6,10H,7H2. The Morgan fingerprint density at radius 1 is 1.43 bits per heavy atom. The van der Waals surface area contributed by atoms with Gasteiger partial charge in [-0.15, -0.1) is 0 Å². The highest BCUT2D eigenvalue weighted by Crippen LogP contribution is 2.25. The number of hydrogen-bond acceptors (Lipinski definition) is 6. The van der Waals surface area contributed by atoms with E-state index in [0.29, 0.717) is 11.0 Å². The van der Waals surface area contributed by atoms with Gasteiger partial charge in [0.25, 0.3) is 0 Å². The van der Waals surface area contributed by atoms with E-state index in [9.17, 15) is 10.1 Å². The van der Waals surface area contributed by atoms with E-state index in [1.54, 1.807) is 18.3 Å². The zero-order valence-electron chi connectivity index (χ0n) is 10.5. The number of ether oxygens (including phenoxy) is 2. The number of halogens is 1. The summed E-state index contributed by atoms with van der Waals surface area (Å²) in [5.41, 5.74) is 0.832. The summed E-state index contributed by atoms with van der Waals surface area (Å²) in [6, 6.07) is 3.57. The van der Waals surface area contributed by atoms with Crippen molar-refractivity contribution in [3.05, 3.63) is 51.4 Å². The summed E-state index contributed by atoms with van der Waals surface area (Å²) in [6.07, 6.45) is 4.62. The SMILES string of the molecule is O=[N+]([O-])C1C=Cn2c(OCc3ccc(Cl)nc3)cnc2O1. The smallest absolute Gasteiger partial charge is 0.377 e. The van der Waals surface area contributed by atoms with Crippen molar-refractivity contribution in [1.82, 2.24) is 14.5 Å². The first-order chi connectivity index (χ1) is 10.1. The van der Waals surface area contributed by atoms with Gasteiger partial charge in [-0.25, -0.2) is 9.55 Å². The van der Waals surface area contributed by atoms with Crippen LogP contribution in [0.3, 0.4) is 0 Å². The molecule has 3 rings (SSSR count). The number of nitrogens with zero attached hydrogens (tertiary/aromatic N) is 4. The van der Waals surface area contributed by atoms with E-state index < -0.39 is 11.2 Å². The van der Waals surface area contributed by atoms with Gasteiger partial charge in [0.2, 0.25) is 5.88 Å². The molecule has 0 N–H and O–H groups in total. The molecule has 1 aliphatic rings. The third kappa shape index (κ3) is 2.79. The summed E-state index contributed by atoms with van der Waals surface area (Å²) < 4.78 is 12.2. The van der Waals surface area contributed by atoms with Gasteiger partial charge in [-0.2, -0.15) is 4.98 Å². The fourth-order valence-electron chi connectivity index (χ4n) is 1.73. The number of rotatable bonds is 4. The molecule has 1 atom stereocenters. The van der Waals surface area contributed by atoms with Crippen molar-refractivity contribution in [3.8, 4) is 11.9 Å². The average Bonchev–Trinajstić information content (AvgIpc) is 2.89. The topological polar surface area (TPSA) is 92.3 Å². The minimum atomic E-state index is -1.23. The molecule has 0 saturated heterocycles. The number of imidazole rings is 1. The van der Waals surface area contributed by atoms with Crippen LogP contribution in [0.4, 0.5) is 0 Å². The Bertz CT molecular complexity index is 698. The quantitative estimate of drug-likeness (QED) is 0.487. The van der Waals surface area contributed by atoms with Gasteiger partial charge in [0.15, 0.2) is 0 Å². The summed E-state index contributed by atoms with van der Waals surface area (Å²) in [5.74, 6) is 0.415. The fraction of sp³-hybridized carbons (Fsp3) is 0.167. The second kappa shape index (κ2) is 5.41. The first-order valence-electron chi connectivity index (χ1n) is 5.92. The van der Waals surface area contributed by atoms with Gasteiger partial charge in [0.1, 0.15) is 11.8 Å². The minimum Gasteiger partial charge on any atom is -0.472 e. The van der Waals surface area contributed by atoms with Crippen molar-refractivity contribution < 1.29 is 14.4 Å². The van der Waals surface area contributed by atoms with Crippen LogP contribution < -0.4 is 9.47 Å². The number of fused-ring (bicyclic) bond motifs is 1. The van der Waals surface area contributed by atoms with Crippen LogP contribution in [0.1, 0.15) is 5.56 Å². The minimum absolute atomic E-state index is 0.114. The van der Waals surface area contributed by atoms with Crippen LogP contribution >= 0.6 is 11.6 Å². The van der Waals surface area contributed by atoms with Gasteiger partial charge in [-0.05, 0) is 6.07 Å². The second-order valence-corrected chi connectivity index (χ2v) is 4.55. The third-order valence-corrected chi connectivity index (χ3v) is 2.96. The zero-order valence-corrected chi connectivity index (χ0v) is 11.3. The Hall–Kier alpha value is -2.61. The molecule has 0 saturated carbocycles. The maximum absolute atomic E-state index is 10.7. The van der Waals surface area contributed by atoms with Crippen molar-refractivity contribution in [3.63, 3.8) is 0 Å². The summed E-state index contributed by atoms with van der Waals surface area (Å²) >= 11 is 5.70. The van der Waals surface area contributed by atoms with Crippen LogP contribution in [-0.4, -0.2) is 25.7 Å². The van der Waals surface area contributed by atoms with Gasteiger partial charge in [-0.3, -0.25) is 10.1 Å². The number of nitro groups is 1. The van der Waals surface area contributed by atoms with Gasteiger partial charge in [0, 0.05) is 24.0 Å². The third-order valence-electron chi connectivity index (χ3n) is 2.74. The van der Waals surface area contributed by atoms with Crippen molar-refractivity contribution in [2.75, 3.05) is 0 Å². The highest BCUT2D eigenvalue weighted by atomic mass is 35.5. The largest absolute Gasteiger partial charge is 0.472 e. The lowest BCUT2D eigenvalue weighted by Crippen LogP contribution is -2.27. The molecule has 0 spiro atoms. The molecule has 0 bridgehead atoms. The highest BCUT2D eigenvalue weighted by molar-refractivity contribution is 6.29. The van der Waals surface area contributed by atoms with Crippen LogP contribution in [0.2, 0.25) is 5.15 Å². The lowest BCUT2D eigenvalue weighted by Gasteiger charge is -2.14. The Labute approximate surface area is 123 Å². The van der Waals surface area contributed by atoms with Crippen LogP contribution in [0, 0.1) is 10.1 Å². The van der Waals surface area contributed by atoms with Gasteiger partial charge < -0.3 is 9.47 Å². The van der Waals surface area contributed by atoms with Crippen molar-refractivity contribution in [1.29, 1.82) is 0 Å². The molecule has 0 aliphatic carbocycles. The predicted molar refractivity (Wildman–Crippen MR) is 72.5 cm³/mol. The maximum atomic E-state index is 10.7. The predicted octanol–water partition coefficient (Wildman–Crippen LogP) is 1.98. The molecule has 0 amide bonds. The van der Waals surface area contributed by atoms with Crippen molar-refractivity contribution >= 4 is 17.8 Å². The monoisotopic (exact) mass is 308 g/mol. The fourth-order valence-corrected chi connectivity index (χ4v) is 1.84. The first-order valence-corrected chi connectivity index (χ1v) is 6.30. The van der Waals surface area contributed by atoms with E-state index in [2.05, 4.69) is 9.97 Å². The highest BCUT2D eigenvalue weighted by Gasteiger charge is 2.26. The van der Waals surface area contributed by atoms with Gasteiger partial charge in [-0.1, -0.05) is 17.7 Å². The molecule has 1 unspecified atom stereocenters. The van der Waals surface area contributed by atoms with E-state index in [4.69, 9.17) is 21.1 Å². The molecule has 0 aromatic carbocycles. The molecule has 21 heavy (non-hydrogen) atoms. The van der Waals surface area contributed by atoms with E-state index in [1.807, 2.05) is 0 Å². The van der Waals surface area contributed by atoms with Crippen LogP contribution in [0.5, 0.6) is 11.9 Å². The zero-order chi connectivity index (χ0) is 14.8. The first kappa shape index (κ1) is 13.4. The molecule has 108 valence electrons. The Morgan fingerprint density at radius 3 is 3.00 bits per heavy atom. The van der Waals surface area contributed by atoms with E-state index >= 15 is 0 Å². The molecule has 2 aromatic heterocycles. The molecule has 2 aromatic rings. The molecule has 9 heteroatoms. The van der Waals surface area contributed by atoms with E-state index in [-0.39, 0.29) is 12.6 Å². The average molecular weight is 309 g/mol. The molecular formula is C12H9ClN4O4. The van der Waals surface area contributed by atoms with Crippen molar-refractivity contribution in [2.45, 2.75) is 12.8 Å². The maximum Gasteiger partial charge on any atom is 0.377 e. The van der Waals surface area contributed by atoms with Crippen LogP contribution in [0.25, 0.3) is 6.20 Å². The molecular weight excluding hydrogens is 300 g/mol. The molecule has 0 radical (unpaired) electrons. The van der Waals surface area contributed by atoms with Gasteiger partial charge >= 0.3 is 12.2 Å². The van der Waals surface area contributed by atoms with E-state index in [1.165, 1.54) is 23.0 Å². The summed E-state index contributed by atoms with van der Waals surface area (Å²) in [6.45, 7) is 0.266. The number of pyridine rings is 1. The number of aromatic nitrogens is 3. The Kier molecular flexibility index (Phi) is 3.44. The summed E-state index contributed by atoms with van der Waals surface area (Å²) in [4.78, 5) is 18.0. The lowest BCUT2D eigenvalue weighted by molar-refractivity contribution is -0.549. The van der Waals surface area contributed by atoms with Crippen LogP contribution in [0.15, 0.2) is 30.6 Å². The molecule has 3 heterocycles. The summed E-state index contributed by atoms with van der Waals surface area (Å²) in [7, 11) is 0. The Balaban J connectivity index is 1.71. The second-order valence-electron chi connectivity index (χ2n) is 4.16. The summed E-state index contributed by atoms with van der Waals surface area (Å²) in [5, 5.41) is 11.1. The van der Waals surface area contributed by atoms with Crippen LogP contribution in [-0.2, 0) is 6.61 Å². The molecule has 1 aliphatic heterocycles. The van der Waals surface area contributed by atoms with Crippen molar-refractivity contribution in [2.24, 2.45) is 0 Å². The number of hydrogen-bond donors (Lipinski definition) is 0. The lowest BCUT2D eigenvalue weighted by atomic mass is 10.3. The molecule has 0 fully saturated rings. The van der Waals surface area contributed by atoms with Gasteiger partial charge in [0.05, 0.1) is 11.1 Å². The molecule has 8 nitrogen and oxygen atoms in total. The normalized spacial score (nSPS) is 16.1.